The second kappa shape index (κ2) is 3.24. The van der Waals surface area contributed by atoms with Crippen LogP contribution < -0.4 is 0 Å². The second-order valence-corrected chi connectivity index (χ2v) is 2.38. The van der Waals surface area contributed by atoms with Crippen LogP contribution in [0.2, 0.25) is 0 Å². The summed E-state index contributed by atoms with van der Waals surface area (Å²) in [6.45, 7) is 6.44. The third-order valence-electron chi connectivity index (χ3n) is 1.82. The summed E-state index contributed by atoms with van der Waals surface area (Å²) >= 11 is 0. The van der Waals surface area contributed by atoms with Gasteiger partial charge in [-0.3, -0.25) is 6.08 Å². The molecule has 1 heteroatoms. The SMILES string of the molecule is CC1=[C-]CC(C)=C1C.[Mn]. The first-order valence-corrected chi connectivity index (χ1v) is 2.96. The third-order valence-corrected chi connectivity index (χ3v) is 1.82. The molecule has 0 aromatic heterocycles. The predicted molar refractivity (Wildman–Crippen MR) is 35.4 cm³/mol. The van der Waals surface area contributed by atoms with E-state index in [1.54, 1.807) is 0 Å². The minimum Gasteiger partial charge on any atom is -0.269 e. The van der Waals surface area contributed by atoms with Crippen molar-refractivity contribution >= 4 is 0 Å². The first kappa shape index (κ1) is 9.00. The molecule has 1 radical (unpaired) electrons. The van der Waals surface area contributed by atoms with Crippen LogP contribution >= 0.6 is 0 Å². The molecule has 0 nitrogen and oxygen atoms in total. The average Bonchev–Trinajstić information content (AvgIpc) is 1.98. The van der Waals surface area contributed by atoms with Gasteiger partial charge in [0, 0.05) is 17.1 Å². The maximum atomic E-state index is 3.26. The molecule has 0 unspecified atom stereocenters. The summed E-state index contributed by atoms with van der Waals surface area (Å²) in [6.07, 6.45) is 4.31. The van der Waals surface area contributed by atoms with Gasteiger partial charge in [-0.15, -0.1) is 13.3 Å². The van der Waals surface area contributed by atoms with Crippen LogP contribution in [0.4, 0.5) is 0 Å². The second-order valence-electron chi connectivity index (χ2n) is 2.38. The predicted octanol–water partition coefficient (Wildman–Crippen LogP) is 2.47. The first-order chi connectivity index (χ1) is 3.72. The molecule has 0 fully saturated rings. The van der Waals surface area contributed by atoms with Gasteiger partial charge in [0.2, 0.25) is 0 Å². The summed E-state index contributed by atoms with van der Waals surface area (Å²) in [5, 5.41) is 0. The molecule has 1 aliphatic rings. The molecule has 0 aromatic rings. The summed E-state index contributed by atoms with van der Waals surface area (Å²) in [5.41, 5.74) is 4.25. The first-order valence-electron chi connectivity index (χ1n) is 2.96. The Morgan fingerprint density at radius 3 is 1.89 bits per heavy atom. The number of hydrogen-bond acceptors (Lipinski definition) is 0. The number of hydrogen-bond donors (Lipinski definition) is 0. The van der Waals surface area contributed by atoms with Gasteiger partial charge in [-0.25, -0.2) is 5.57 Å². The van der Waals surface area contributed by atoms with Crippen LogP contribution in [0.5, 0.6) is 0 Å². The fourth-order valence-corrected chi connectivity index (χ4v) is 0.850. The molecule has 51 valence electrons. The molecular formula is C8H11Mn-. The topological polar surface area (TPSA) is 0 Å². The summed E-state index contributed by atoms with van der Waals surface area (Å²) in [4.78, 5) is 0. The van der Waals surface area contributed by atoms with Gasteiger partial charge >= 0.3 is 0 Å². The number of allylic oxidation sites excluding steroid dienone is 4. The Morgan fingerprint density at radius 2 is 1.78 bits per heavy atom. The molecular weight excluding hydrogens is 151 g/mol. The normalized spacial score (nSPS) is 17.4. The molecule has 0 bridgehead atoms. The van der Waals surface area contributed by atoms with E-state index in [4.69, 9.17) is 0 Å². The van der Waals surface area contributed by atoms with Gasteiger partial charge in [-0.1, -0.05) is 13.8 Å². The van der Waals surface area contributed by atoms with Gasteiger partial charge in [-0.05, 0) is 0 Å². The molecule has 1 aliphatic carbocycles. The minimum absolute atomic E-state index is 0. The maximum absolute atomic E-state index is 3.26. The molecule has 0 saturated carbocycles. The third kappa shape index (κ3) is 1.70. The smallest absolute Gasteiger partial charge is 0 e. The minimum atomic E-state index is 0. The Bertz CT molecular complexity index is 158. The Kier molecular flexibility index (Phi) is 3.24. The van der Waals surface area contributed by atoms with Gasteiger partial charge in [0.1, 0.15) is 0 Å². The molecule has 0 amide bonds. The van der Waals surface area contributed by atoms with E-state index in [1.807, 2.05) is 0 Å². The van der Waals surface area contributed by atoms with Crippen molar-refractivity contribution in [3.05, 3.63) is 22.8 Å². The maximum Gasteiger partial charge on any atom is 0 e. The van der Waals surface area contributed by atoms with E-state index < -0.39 is 0 Å². The van der Waals surface area contributed by atoms with Crippen LogP contribution in [0.3, 0.4) is 0 Å². The zero-order chi connectivity index (χ0) is 6.15. The van der Waals surface area contributed by atoms with Gasteiger partial charge in [0.15, 0.2) is 0 Å². The van der Waals surface area contributed by atoms with E-state index >= 15 is 0 Å². The van der Waals surface area contributed by atoms with Crippen molar-refractivity contribution < 1.29 is 17.1 Å². The van der Waals surface area contributed by atoms with E-state index in [9.17, 15) is 0 Å². The standard InChI is InChI=1S/C8H11.Mn/c1-6-4-5-7(2)8(6)3;/h4H2,1-3H3;/q-1;. The zero-order valence-corrected chi connectivity index (χ0v) is 7.27. The Morgan fingerprint density at radius 1 is 1.22 bits per heavy atom. The van der Waals surface area contributed by atoms with Crippen molar-refractivity contribution in [1.29, 1.82) is 0 Å². The molecule has 0 atom stereocenters. The Balaban J connectivity index is 0.000000640. The molecule has 1 rings (SSSR count). The van der Waals surface area contributed by atoms with Gasteiger partial charge in [0.25, 0.3) is 0 Å². The molecule has 0 N–H and O–H groups in total. The van der Waals surface area contributed by atoms with E-state index in [0.717, 1.165) is 6.42 Å². The van der Waals surface area contributed by atoms with Gasteiger partial charge < -0.3 is 0 Å². The zero-order valence-electron chi connectivity index (χ0n) is 6.09. The van der Waals surface area contributed by atoms with E-state index in [-0.39, 0.29) is 17.1 Å². The molecule has 0 aliphatic heterocycles. The summed E-state index contributed by atoms with van der Waals surface area (Å²) in [5.74, 6) is 0. The quantitative estimate of drug-likeness (QED) is 0.379. The van der Waals surface area contributed by atoms with Crippen LogP contribution in [0.15, 0.2) is 16.7 Å². The largest absolute Gasteiger partial charge is 0.269 e. The van der Waals surface area contributed by atoms with E-state index in [2.05, 4.69) is 26.8 Å². The van der Waals surface area contributed by atoms with Crippen molar-refractivity contribution in [1.82, 2.24) is 0 Å². The van der Waals surface area contributed by atoms with Crippen molar-refractivity contribution in [2.75, 3.05) is 0 Å². The van der Waals surface area contributed by atoms with E-state index in [0.29, 0.717) is 0 Å². The van der Waals surface area contributed by atoms with Gasteiger partial charge in [0.05, 0.1) is 0 Å². The summed E-state index contributed by atoms with van der Waals surface area (Å²) in [6, 6.07) is 0. The molecule has 0 heterocycles. The van der Waals surface area contributed by atoms with Crippen LogP contribution in [-0.4, -0.2) is 0 Å². The average molecular weight is 162 g/mol. The monoisotopic (exact) mass is 162 g/mol. The van der Waals surface area contributed by atoms with Crippen LogP contribution in [-0.2, 0) is 17.1 Å². The summed E-state index contributed by atoms with van der Waals surface area (Å²) in [7, 11) is 0. The fraction of sp³-hybridized carbons (Fsp3) is 0.500. The van der Waals surface area contributed by atoms with Crippen molar-refractivity contribution in [3.63, 3.8) is 0 Å². The van der Waals surface area contributed by atoms with Gasteiger partial charge in [-0.2, -0.15) is 11.1 Å². The van der Waals surface area contributed by atoms with Crippen LogP contribution in [0, 0.1) is 6.08 Å². The van der Waals surface area contributed by atoms with Crippen LogP contribution in [0.1, 0.15) is 27.2 Å². The van der Waals surface area contributed by atoms with Crippen molar-refractivity contribution in [2.24, 2.45) is 0 Å². The number of rotatable bonds is 0. The van der Waals surface area contributed by atoms with E-state index in [1.165, 1.54) is 16.7 Å². The van der Waals surface area contributed by atoms with Crippen molar-refractivity contribution in [2.45, 2.75) is 27.2 Å². The molecule has 0 saturated heterocycles. The fourth-order valence-electron chi connectivity index (χ4n) is 0.850. The van der Waals surface area contributed by atoms with Crippen molar-refractivity contribution in [3.8, 4) is 0 Å². The molecule has 0 spiro atoms. The van der Waals surface area contributed by atoms with Crippen LogP contribution in [0.25, 0.3) is 0 Å². The molecule has 0 aromatic carbocycles. The Labute approximate surface area is 67.5 Å². The Hall–Kier alpha value is -0.000519. The summed E-state index contributed by atoms with van der Waals surface area (Å²) < 4.78 is 0. The molecule has 9 heavy (non-hydrogen) atoms.